The summed E-state index contributed by atoms with van der Waals surface area (Å²) in [5.41, 5.74) is 7.28. The van der Waals surface area contributed by atoms with E-state index in [9.17, 15) is 9.18 Å². The molecule has 1 unspecified atom stereocenters. The molecule has 1 fully saturated rings. The molecule has 5 heteroatoms. The molecule has 1 atom stereocenters. The van der Waals surface area contributed by atoms with Crippen LogP contribution < -0.4 is 11.1 Å². The van der Waals surface area contributed by atoms with Gasteiger partial charge in [-0.15, -0.1) is 0 Å². The van der Waals surface area contributed by atoms with Gasteiger partial charge in [0.25, 0.3) is 0 Å². The molecule has 1 saturated heterocycles. The zero-order valence-corrected chi connectivity index (χ0v) is 12.8. The van der Waals surface area contributed by atoms with Crippen LogP contribution in [0.25, 0.3) is 0 Å². The Bertz CT molecular complexity index is 520. The summed E-state index contributed by atoms with van der Waals surface area (Å²) in [6, 6.07) is 5.03. The van der Waals surface area contributed by atoms with Crippen LogP contribution in [-0.4, -0.2) is 37.0 Å². The molecule has 1 aliphatic heterocycles. The molecule has 3 N–H and O–H groups in total. The Morgan fingerprint density at radius 1 is 1.52 bits per heavy atom. The van der Waals surface area contributed by atoms with Crippen molar-refractivity contribution in [3.8, 4) is 0 Å². The summed E-state index contributed by atoms with van der Waals surface area (Å²) < 4.78 is 13.4. The molecule has 116 valence electrons. The summed E-state index contributed by atoms with van der Waals surface area (Å²) in [5.74, 6) is -0.266. The average molecular weight is 293 g/mol. The standard InChI is InChI=1S/C16H24FN3O/c1-12-3-4-13(7-14(12)17)8-19-15(21)9-20-6-5-16(2,10-18)11-20/h3-4,7H,5-6,8-11,18H2,1-2H3,(H,19,21). The van der Waals surface area contributed by atoms with Gasteiger partial charge in [0.1, 0.15) is 5.82 Å². The van der Waals surface area contributed by atoms with Crippen LogP contribution in [0.4, 0.5) is 4.39 Å². The minimum Gasteiger partial charge on any atom is -0.351 e. The van der Waals surface area contributed by atoms with Crippen molar-refractivity contribution in [3.05, 3.63) is 35.1 Å². The van der Waals surface area contributed by atoms with Crippen molar-refractivity contribution in [1.29, 1.82) is 0 Å². The van der Waals surface area contributed by atoms with E-state index in [1.54, 1.807) is 13.0 Å². The van der Waals surface area contributed by atoms with E-state index in [0.717, 1.165) is 25.1 Å². The lowest BCUT2D eigenvalue weighted by Gasteiger charge is -2.22. The fourth-order valence-electron chi connectivity index (χ4n) is 2.63. The maximum atomic E-state index is 13.4. The maximum Gasteiger partial charge on any atom is 0.234 e. The summed E-state index contributed by atoms with van der Waals surface area (Å²) in [6.07, 6.45) is 1.03. The smallest absolute Gasteiger partial charge is 0.234 e. The van der Waals surface area contributed by atoms with Gasteiger partial charge in [0.05, 0.1) is 6.54 Å². The van der Waals surface area contributed by atoms with Crippen molar-refractivity contribution >= 4 is 5.91 Å². The molecule has 4 nitrogen and oxygen atoms in total. The van der Waals surface area contributed by atoms with E-state index in [2.05, 4.69) is 17.1 Å². The third-order valence-corrected chi connectivity index (χ3v) is 4.22. The second-order valence-corrected chi connectivity index (χ2v) is 6.34. The van der Waals surface area contributed by atoms with E-state index in [0.29, 0.717) is 25.2 Å². The van der Waals surface area contributed by atoms with Gasteiger partial charge in [-0.25, -0.2) is 4.39 Å². The predicted octanol–water partition coefficient (Wildman–Crippen LogP) is 1.42. The molecule has 1 aliphatic rings. The Balaban J connectivity index is 1.79. The minimum absolute atomic E-state index is 0.0303. The SMILES string of the molecule is Cc1ccc(CNC(=O)CN2CCC(C)(CN)C2)cc1F. The molecule has 0 bridgehead atoms. The van der Waals surface area contributed by atoms with Crippen LogP contribution in [0.1, 0.15) is 24.5 Å². The monoisotopic (exact) mass is 293 g/mol. The van der Waals surface area contributed by atoms with Gasteiger partial charge in [-0.1, -0.05) is 19.1 Å². The molecule has 0 aliphatic carbocycles. The van der Waals surface area contributed by atoms with Crippen LogP contribution in [0.3, 0.4) is 0 Å². The molecule has 0 aromatic heterocycles. The van der Waals surface area contributed by atoms with Crippen LogP contribution in [0.15, 0.2) is 18.2 Å². The van der Waals surface area contributed by atoms with Crippen molar-refractivity contribution in [1.82, 2.24) is 10.2 Å². The number of benzene rings is 1. The number of nitrogens with one attached hydrogen (secondary N) is 1. The number of hydrogen-bond donors (Lipinski definition) is 2. The number of rotatable bonds is 5. The molecule has 1 aromatic carbocycles. The summed E-state index contributed by atoms with van der Waals surface area (Å²) in [5, 5.41) is 2.84. The largest absolute Gasteiger partial charge is 0.351 e. The Kier molecular flexibility index (Phi) is 4.96. The van der Waals surface area contributed by atoms with Gasteiger partial charge in [-0.05, 0) is 49.0 Å². The predicted molar refractivity (Wildman–Crippen MR) is 81.2 cm³/mol. The Labute approximate surface area is 125 Å². The van der Waals surface area contributed by atoms with E-state index in [-0.39, 0.29) is 17.1 Å². The van der Waals surface area contributed by atoms with Gasteiger partial charge in [0, 0.05) is 13.1 Å². The van der Waals surface area contributed by atoms with Gasteiger partial charge < -0.3 is 11.1 Å². The van der Waals surface area contributed by atoms with Crippen molar-refractivity contribution in [3.63, 3.8) is 0 Å². The van der Waals surface area contributed by atoms with E-state index < -0.39 is 0 Å². The first-order valence-electron chi connectivity index (χ1n) is 7.36. The molecular weight excluding hydrogens is 269 g/mol. The van der Waals surface area contributed by atoms with Gasteiger partial charge in [-0.3, -0.25) is 9.69 Å². The van der Waals surface area contributed by atoms with Crippen molar-refractivity contribution in [2.45, 2.75) is 26.8 Å². The van der Waals surface area contributed by atoms with Gasteiger partial charge in [0.2, 0.25) is 5.91 Å². The van der Waals surface area contributed by atoms with Crippen LogP contribution in [-0.2, 0) is 11.3 Å². The second kappa shape index (κ2) is 6.54. The third-order valence-electron chi connectivity index (χ3n) is 4.22. The quantitative estimate of drug-likeness (QED) is 0.863. The average Bonchev–Trinajstić information content (AvgIpc) is 2.82. The lowest BCUT2D eigenvalue weighted by Crippen LogP contribution is -2.38. The number of hydrogen-bond acceptors (Lipinski definition) is 3. The van der Waals surface area contributed by atoms with Crippen LogP contribution in [0.5, 0.6) is 0 Å². The molecule has 0 radical (unpaired) electrons. The zero-order chi connectivity index (χ0) is 15.5. The summed E-state index contributed by atoms with van der Waals surface area (Å²) in [4.78, 5) is 14.1. The number of carbonyl (C=O) groups is 1. The number of carbonyl (C=O) groups excluding carboxylic acids is 1. The third kappa shape index (κ3) is 4.25. The Morgan fingerprint density at radius 2 is 2.29 bits per heavy atom. The van der Waals surface area contributed by atoms with E-state index in [1.807, 2.05) is 6.07 Å². The molecular formula is C16H24FN3O. The van der Waals surface area contributed by atoms with Crippen molar-refractivity contribution in [2.24, 2.45) is 11.1 Å². The molecule has 2 rings (SSSR count). The molecule has 1 heterocycles. The highest BCUT2D eigenvalue weighted by molar-refractivity contribution is 5.78. The first-order chi connectivity index (χ1) is 9.92. The molecule has 0 spiro atoms. The van der Waals surface area contributed by atoms with Gasteiger partial charge in [0.15, 0.2) is 0 Å². The number of nitrogens with zero attached hydrogens (tertiary/aromatic N) is 1. The highest BCUT2D eigenvalue weighted by Gasteiger charge is 2.32. The van der Waals surface area contributed by atoms with E-state index >= 15 is 0 Å². The van der Waals surface area contributed by atoms with Crippen molar-refractivity contribution < 1.29 is 9.18 Å². The topological polar surface area (TPSA) is 58.4 Å². The zero-order valence-electron chi connectivity index (χ0n) is 12.8. The fraction of sp³-hybridized carbons (Fsp3) is 0.562. The number of likely N-dealkylation sites (tertiary alicyclic amines) is 1. The molecule has 1 amide bonds. The number of halogens is 1. The number of nitrogens with two attached hydrogens (primary N) is 1. The number of amides is 1. The van der Waals surface area contributed by atoms with E-state index in [4.69, 9.17) is 5.73 Å². The molecule has 0 saturated carbocycles. The molecule has 21 heavy (non-hydrogen) atoms. The van der Waals surface area contributed by atoms with Gasteiger partial charge >= 0.3 is 0 Å². The number of aryl methyl sites for hydroxylation is 1. The fourth-order valence-corrected chi connectivity index (χ4v) is 2.63. The highest BCUT2D eigenvalue weighted by atomic mass is 19.1. The lowest BCUT2D eigenvalue weighted by molar-refractivity contribution is -0.122. The highest BCUT2D eigenvalue weighted by Crippen LogP contribution is 2.27. The second-order valence-electron chi connectivity index (χ2n) is 6.34. The summed E-state index contributed by atoms with van der Waals surface area (Å²) in [7, 11) is 0. The normalized spacial score (nSPS) is 22.5. The summed E-state index contributed by atoms with van der Waals surface area (Å²) in [6.45, 7) is 7.02. The minimum atomic E-state index is -0.236. The summed E-state index contributed by atoms with van der Waals surface area (Å²) >= 11 is 0. The Hall–Kier alpha value is -1.46. The first-order valence-corrected chi connectivity index (χ1v) is 7.36. The lowest BCUT2D eigenvalue weighted by atomic mass is 9.90. The maximum absolute atomic E-state index is 13.4. The van der Waals surface area contributed by atoms with Crippen LogP contribution in [0, 0.1) is 18.2 Å². The van der Waals surface area contributed by atoms with Crippen molar-refractivity contribution in [2.75, 3.05) is 26.2 Å². The Morgan fingerprint density at radius 3 is 2.90 bits per heavy atom. The van der Waals surface area contributed by atoms with Crippen LogP contribution in [0.2, 0.25) is 0 Å². The van der Waals surface area contributed by atoms with Gasteiger partial charge in [-0.2, -0.15) is 0 Å². The van der Waals surface area contributed by atoms with E-state index in [1.165, 1.54) is 6.07 Å². The first kappa shape index (κ1) is 15.9. The van der Waals surface area contributed by atoms with Crippen LogP contribution >= 0.6 is 0 Å². The molecule has 1 aromatic rings.